The summed E-state index contributed by atoms with van der Waals surface area (Å²) < 4.78 is 5.60. The minimum Gasteiger partial charge on any atom is -0.489 e. The molecule has 2 amide bonds. The fourth-order valence-corrected chi connectivity index (χ4v) is 2.88. The smallest absolute Gasteiger partial charge is 0.228 e. The Morgan fingerprint density at radius 1 is 1.25 bits per heavy atom. The van der Waals surface area contributed by atoms with Crippen LogP contribution in [0, 0.1) is 0 Å². The maximum Gasteiger partial charge on any atom is 0.228 e. The van der Waals surface area contributed by atoms with E-state index in [1.54, 1.807) is 35.2 Å². The second kappa shape index (κ2) is 6.93. The van der Waals surface area contributed by atoms with Gasteiger partial charge in [-0.3, -0.25) is 9.59 Å². The van der Waals surface area contributed by atoms with E-state index in [2.05, 4.69) is 5.32 Å². The van der Waals surface area contributed by atoms with Gasteiger partial charge in [0.05, 0.1) is 18.7 Å². The Hall–Kier alpha value is -2.53. The monoisotopic (exact) mass is 344 g/mol. The highest BCUT2D eigenvalue weighted by atomic mass is 35.5. The van der Waals surface area contributed by atoms with Gasteiger partial charge in [-0.1, -0.05) is 23.7 Å². The third-order valence-corrected chi connectivity index (χ3v) is 3.98. The van der Waals surface area contributed by atoms with Gasteiger partial charge in [-0.2, -0.15) is 0 Å². The number of hydrogen-bond donors (Lipinski definition) is 1. The molecular formula is C18H17ClN2O3. The predicted octanol–water partition coefficient (Wildman–Crippen LogP) is 3.27. The third kappa shape index (κ3) is 3.68. The van der Waals surface area contributed by atoms with Gasteiger partial charge in [-0.05, 0) is 29.8 Å². The highest BCUT2D eigenvalue weighted by Crippen LogP contribution is 2.34. The Balaban J connectivity index is 1.72. The van der Waals surface area contributed by atoms with Gasteiger partial charge in [0.2, 0.25) is 11.8 Å². The molecule has 0 saturated heterocycles. The highest BCUT2D eigenvalue weighted by molar-refractivity contribution is 6.30. The van der Waals surface area contributed by atoms with Crippen molar-refractivity contribution in [2.24, 2.45) is 0 Å². The Labute approximate surface area is 145 Å². The van der Waals surface area contributed by atoms with Gasteiger partial charge in [0.15, 0.2) is 0 Å². The first-order valence-corrected chi connectivity index (χ1v) is 8.00. The lowest BCUT2D eigenvalue weighted by Crippen LogP contribution is -2.36. The molecule has 3 rings (SSSR count). The van der Waals surface area contributed by atoms with E-state index in [1.165, 1.54) is 6.92 Å². The fourth-order valence-electron chi connectivity index (χ4n) is 2.66. The van der Waals surface area contributed by atoms with E-state index >= 15 is 0 Å². The Kier molecular flexibility index (Phi) is 4.71. The van der Waals surface area contributed by atoms with Gasteiger partial charge in [0, 0.05) is 23.7 Å². The zero-order chi connectivity index (χ0) is 17.1. The van der Waals surface area contributed by atoms with E-state index in [0.717, 1.165) is 11.3 Å². The molecule has 1 N–H and O–H groups in total. The molecule has 2 aromatic rings. The summed E-state index contributed by atoms with van der Waals surface area (Å²) in [6, 6.07) is 12.5. The van der Waals surface area contributed by atoms with Crippen LogP contribution in [-0.2, 0) is 16.0 Å². The van der Waals surface area contributed by atoms with Crippen LogP contribution in [-0.4, -0.2) is 25.0 Å². The van der Waals surface area contributed by atoms with Crippen molar-refractivity contribution in [2.45, 2.75) is 13.3 Å². The predicted molar refractivity (Wildman–Crippen MR) is 93.7 cm³/mol. The van der Waals surface area contributed by atoms with Crippen molar-refractivity contribution in [3.05, 3.63) is 53.1 Å². The zero-order valence-corrected chi connectivity index (χ0v) is 14.0. The van der Waals surface area contributed by atoms with Crippen LogP contribution in [0.2, 0.25) is 5.02 Å². The normalized spacial score (nSPS) is 13.0. The van der Waals surface area contributed by atoms with Crippen molar-refractivity contribution in [3.63, 3.8) is 0 Å². The van der Waals surface area contributed by atoms with Crippen LogP contribution in [0.1, 0.15) is 12.5 Å². The number of nitrogens with zero attached hydrogens (tertiary/aromatic N) is 1. The first kappa shape index (κ1) is 16.3. The topological polar surface area (TPSA) is 58.6 Å². The molecule has 5 nitrogen and oxygen atoms in total. The molecule has 0 atom stereocenters. The van der Waals surface area contributed by atoms with Crippen molar-refractivity contribution in [3.8, 4) is 5.75 Å². The molecule has 0 fully saturated rings. The number of ether oxygens (including phenoxy) is 1. The van der Waals surface area contributed by atoms with Crippen molar-refractivity contribution < 1.29 is 14.3 Å². The minimum atomic E-state index is -0.142. The summed E-state index contributed by atoms with van der Waals surface area (Å²) in [4.78, 5) is 25.5. The SMILES string of the molecule is CC(=O)N1CCOc2cc(NC(=O)Cc3cccc(Cl)c3)ccc21. The summed E-state index contributed by atoms with van der Waals surface area (Å²) in [5.74, 6) is 0.422. The molecule has 1 aliphatic heterocycles. The molecule has 0 unspecified atom stereocenters. The largest absolute Gasteiger partial charge is 0.489 e. The number of amides is 2. The van der Waals surface area contributed by atoms with Crippen LogP contribution >= 0.6 is 11.6 Å². The zero-order valence-electron chi connectivity index (χ0n) is 13.2. The number of carbonyl (C=O) groups excluding carboxylic acids is 2. The molecule has 124 valence electrons. The number of rotatable bonds is 3. The lowest BCUT2D eigenvalue weighted by Gasteiger charge is -2.29. The molecule has 0 spiro atoms. The average Bonchev–Trinajstić information content (AvgIpc) is 2.53. The number of benzene rings is 2. The van der Waals surface area contributed by atoms with Crippen LogP contribution in [0.25, 0.3) is 0 Å². The standard InChI is InChI=1S/C18H17ClN2O3/c1-12(22)21-7-8-24-17-11-15(5-6-16(17)21)20-18(23)10-13-3-2-4-14(19)9-13/h2-6,9,11H,7-8,10H2,1H3,(H,20,23). The maximum absolute atomic E-state index is 12.2. The van der Waals surface area contributed by atoms with Gasteiger partial charge < -0.3 is 15.0 Å². The minimum absolute atomic E-state index is 0.0303. The molecule has 6 heteroatoms. The van der Waals surface area contributed by atoms with Gasteiger partial charge in [0.25, 0.3) is 0 Å². The summed E-state index contributed by atoms with van der Waals surface area (Å²) in [6.45, 7) is 2.49. The molecule has 0 radical (unpaired) electrons. The number of fused-ring (bicyclic) bond motifs is 1. The Morgan fingerprint density at radius 3 is 2.83 bits per heavy atom. The first-order valence-electron chi connectivity index (χ1n) is 7.62. The summed E-state index contributed by atoms with van der Waals surface area (Å²) in [7, 11) is 0. The summed E-state index contributed by atoms with van der Waals surface area (Å²) in [6.07, 6.45) is 0.234. The van der Waals surface area contributed by atoms with Gasteiger partial charge in [-0.15, -0.1) is 0 Å². The van der Waals surface area contributed by atoms with E-state index in [-0.39, 0.29) is 18.2 Å². The van der Waals surface area contributed by atoms with E-state index in [0.29, 0.717) is 29.6 Å². The number of hydrogen-bond acceptors (Lipinski definition) is 3. The fraction of sp³-hybridized carbons (Fsp3) is 0.222. The number of anilines is 2. The second-order valence-electron chi connectivity index (χ2n) is 5.56. The van der Waals surface area contributed by atoms with Gasteiger partial charge in [0.1, 0.15) is 12.4 Å². The molecular weight excluding hydrogens is 328 g/mol. The van der Waals surface area contributed by atoms with Crippen molar-refractivity contribution in [2.75, 3.05) is 23.4 Å². The van der Waals surface area contributed by atoms with Crippen LogP contribution in [0.4, 0.5) is 11.4 Å². The van der Waals surface area contributed by atoms with Crippen molar-refractivity contribution in [1.82, 2.24) is 0 Å². The average molecular weight is 345 g/mol. The van der Waals surface area contributed by atoms with Gasteiger partial charge >= 0.3 is 0 Å². The molecule has 1 aliphatic rings. The molecule has 0 aromatic heterocycles. The Morgan fingerprint density at radius 2 is 2.08 bits per heavy atom. The number of nitrogens with one attached hydrogen (secondary N) is 1. The highest BCUT2D eigenvalue weighted by Gasteiger charge is 2.21. The maximum atomic E-state index is 12.2. The van der Waals surface area contributed by atoms with Gasteiger partial charge in [-0.25, -0.2) is 0 Å². The van der Waals surface area contributed by atoms with E-state index in [1.807, 2.05) is 12.1 Å². The summed E-state index contributed by atoms with van der Waals surface area (Å²) in [5.41, 5.74) is 2.20. The van der Waals surface area contributed by atoms with Crippen LogP contribution < -0.4 is 15.0 Å². The van der Waals surface area contributed by atoms with Crippen LogP contribution in [0.3, 0.4) is 0 Å². The number of carbonyl (C=O) groups is 2. The summed E-state index contributed by atoms with van der Waals surface area (Å²) in [5, 5.41) is 3.44. The van der Waals surface area contributed by atoms with Crippen molar-refractivity contribution in [1.29, 1.82) is 0 Å². The molecule has 0 bridgehead atoms. The lowest BCUT2D eigenvalue weighted by atomic mass is 10.1. The molecule has 24 heavy (non-hydrogen) atoms. The summed E-state index contributed by atoms with van der Waals surface area (Å²) >= 11 is 5.93. The number of halogens is 1. The second-order valence-corrected chi connectivity index (χ2v) is 5.99. The van der Waals surface area contributed by atoms with Crippen LogP contribution in [0.5, 0.6) is 5.75 Å². The van der Waals surface area contributed by atoms with Crippen molar-refractivity contribution >= 4 is 34.8 Å². The van der Waals surface area contributed by atoms with E-state index in [4.69, 9.17) is 16.3 Å². The quantitative estimate of drug-likeness (QED) is 0.929. The third-order valence-electron chi connectivity index (χ3n) is 3.74. The first-order chi connectivity index (χ1) is 11.5. The lowest BCUT2D eigenvalue weighted by molar-refractivity contribution is -0.117. The molecule has 2 aromatic carbocycles. The molecule has 0 aliphatic carbocycles. The van der Waals surface area contributed by atoms with E-state index < -0.39 is 0 Å². The molecule has 1 heterocycles. The van der Waals surface area contributed by atoms with Crippen LogP contribution in [0.15, 0.2) is 42.5 Å². The van der Waals surface area contributed by atoms with E-state index in [9.17, 15) is 9.59 Å². The Bertz CT molecular complexity index is 792. The molecule has 0 saturated carbocycles.